The quantitative estimate of drug-likeness (QED) is 0.748. The third kappa shape index (κ3) is 3.54. The van der Waals surface area contributed by atoms with Crippen molar-refractivity contribution in [2.24, 2.45) is 0 Å². The first kappa shape index (κ1) is 18.3. The van der Waals surface area contributed by atoms with Gasteiger partial charge in [0, 0.05) is 22.8 Å². The van der Waals surface area contributed by atoms with Gasteiger partial charge in [-0.15, -0.1) is 0 Å². The molecule has 0 aliphatic carbocycles. The smallest absolute Gasteiger partial charge is 0.343 e. The zero-order valence-electron chi connectivity index (χ0n) is 14.9. The van der Waals surface area contributed by atoms with Crippen LogP contribution >= 0.6 is 11.6 Å². The second-order valence-corrected chi connectivity index (χ2v) is 7.07. The molecule has 0 radical (unpaired) electrons. The van der Waals surface area contributed by atoms with Gasteiger partial charge < -0.3 is 9.47 Å². The number of ether oxygens (including phenoxy) is 2. The summed E-state index contributed by atoms with van der Waals surface area (Å²) in [5.41, 5.74) is 3.99. The topological polar surface area (TPSA) is 48.4 Å². The van der Waals surface area contributed by atoms with E-state index in [1.165, 1.54) is 20.4 Å². The number of hydrogen-bond acceptors (Lipinski definition) is 4. The molecule has 5 heteroatoms. The summed E-state index contributed by atoms with van der Waals surface area (Å²) in [6.45, 7) is 8.39. The fourth-order valence-electron chi connectivity index (χ4n) is 2.55. The Balaban J connectivity index is 2.57. The maximum Gasteiger partial charge on any atom is 0.343 e. The van der Waals surface area contributed by atoms with Gasteiger partial charge in [-0.1, -0.05) is 38.4 Å². The molecule has 4 nitrogen and oxygen atoms in total. The highest BCUT2D eigenvalue weighted by molar-refractivity contribution is 6.31. The van der Waals surface area contributed by atoms with Crippen molar-refractivity contribution in [3.05, 3.63) is 46.1 Å². The van der Waals surface area contributed by atoms with Crippen molar-refractivity contribution in [2.45, 2.75) is 33.1 Å². The Morgan fingerprint density at radius 1 is 1.17 bits per heavy atom. The van der Waals surface area contributed by atoms with E-state index < -0.39 is 5.97 Å². The van der Waals surface area contributed by atoms with Gasteiger partial charge in [0.2, 0.25) is 0 Å². The van der Waals surface area contributed by atoms with Gasteiger partial charge in [-0.25, -0.2) is 4.79 Å². The standard InChI is InChI=1S/C19H22ClNO3/c1-11-7-14(19(2,3)4)15(20)8-12(11)16-9-17(23-5)13(10-21-16)18(22)24-6/h7-10H,1-6H3. The van der Waals surface area contributed by atoms with Crippen LogP contribution in [-0.2, 0) is 10.2 Å². The SMILES string of the molecule is COC(=O)c1cnc(-c2cc(Cl)c(C(C)(C)C)cc2C)cc1OC. The van der Waals surface area contributed by atoms with E-state index >= 15 is 0 Å². The Labute approximate surface area is 147 Å². The Morgan fingerprint density at radius 2 is 1.83 bits per heavy atom. The molecular weight excluding hydrogens is 326 g/mol. The first-order valence-corrected chi connectivity index (χ1v) is 8.00. The minimum atomic E-state index is -0.483. The lowest BCUT2D eigenvalue weighted by molar-refractivity contribution is 0.0596. The van der Waals surface area contributed by atoms with E-state index in [0.717, 1.165) is 16.7 Å². The van der Waals surface area contributed by atoms with Crippen molar-refractivity contribution in [1.82, 2.24) is 4.98 Å². The minimum absolute atomic E-state index is 0.0414. The van der Waals surface area contributed by atoms with Crippen molar-refractivity contribution in [1.29, 1.82) is 0 Å². The fraction of sp³-hybridized carbons (Fsp3) is 0.368. The lowest BCUT2D eigenvalue weighted by Gasteiger charge is -2.22. The zero-order valence-corrected chi connectivity index (χ0v) is 15.6. The lowest BCUT2D eigenvalue weighted by Crippen LogP contribution is -2.12. The summed E-state index contributed by atoms with van der Waals surface area (Å²) in [4.78, 5) is 16.1. The predicted molar refractivity (Wildman–Crippen MR) is 96.0 cm³/mol. The Bertz CT molecular complexity index is 779. The van der Waals surface area contributed by atoms with Crippen molar-refractivity contribution < 1.29 is 14.3 Å². The molecule has 0 amide bonds. The van der Waals surface area contributed by atoms with Crippen LogP contribution in [0.3, 0.4) is 0 Å². The number of methoxy groups -OCH3 is 2. The van der Waals surface area contributed by atoms with Gasteiger partial charge >= 0.3 is 5.97 Å². The number of aromatic nitrogens is 1. The molecule has 2 aromatic rings. The fourth-order valence-corrected chi connectivity index (χ4v) is 3.00. The van der Waals surface area contributed by atoms with E-state index in [2.05, 4.69) is 31.8 Å². The molecule has 0 fully saturated rings. The van der Waals surface area contributed by atoms with Crippen LogP contribution in [0.2, 0.25) is 5.02 Å². The highest BCUT2D eigenvalue weighted by Crippen LogP contribution is 2.36. The van der Waals surface area contributed by atoms with E-state index in [1.54, 1.807) is 6.07 Å². The van der Waals surface area contributed by atoms with Crippen molar-refractivity contribution >= 4 is 17.6 Å². The number of nitrogens with zero attached hydrogens (tertiary/aromatic N) is 1. The molecule has 2 rings (SSSR count). The minimum Gasteiger partial charge on any atom is -0.496 e. The van der Waals surface area contributed by atoms with E-state index in [0.29, 0.717) is 22.0 Å². The number of aryl methyl sites for hydroxylation is 1. The Morgan fingerprint density at radius 3 is 2.38 bits per heavy atom. The predicted octanol–water partition coefficient (Wildman–Crippen LogP) is 4.80. The third-order valence-corrected chi connectivity index (χ3v) is 4.20. The normalized spacial score (nSPS) is 11.3. The summed E-state index contributed by atoms with van der Waals surface area (Å²) < 4.78 is 10.0. The van der Waals surface area contributed by atoms with Crippen LogP contribution < -0.4 is 4.74 Å². The summed E-state index contributed by atoms with van der Waals surface area (Å²) in [7, 11) is 2.83. The monoisotopic (exact) mass is 347 g/mol. The van der Waals surface area contributed by atoms with Gasteiger partial charge in [-0.3, -0.25) is 4.98 Å². The molecular formula is C19H22ClNO3. The molecule has 1 aromatic carbocycles. The number of carbonyl (C=O) groups excluding carboxylic acids is 1. The van der Waals surface area contributed by atoms with Gasteiger partial charge in [0.1, 0.15) is 11.3 Å². The van der Waals surface area contributed by atoms with Crippen LogP contribution in [0.25, 0.3) is 11.3 Å². The summed E-state index contributed by atoms with van der Waals surface area (Å²) in [5.74, 6) is -0.0639. The summed E-state index contributed by atoms with van der Waals surface area (Å²) in [6.07, 6.45) is 1.46. The Hall–Kier alpha value is -2.07. The molecule has 1 aromatic heterocycles. The average Bonchev–Trinajstić information content (AvgIpc) is 2.54. The van der Waals surface area contributed by atoms with Crippen LogP contribution in [0.15, 0.2) is 24.4 Å². The summed E-state index contributed by atoms with van der Waals surface area (Å²) in [6, 6.07) is 5.72. The molecule has 0 spiro atoms. The summed E-state index contributed by atoms with van der Waals surface area (Å²) >= 11 is 6.48. The molecule has 24 heavy (non-hydrogen) atoms. The zero-order chi connectivity index (χ0) is 18.1. The molecule has 0 saturated heterocycles. The molecule has 0 N–H and O–H groups in total. The second kappa shape index (κ2) is 6.81. The number of benzene rings is 1. The largest absolute Gasteiger partial charge is 0.496 e. The van der Waals surface area contributed by atoms with Crippen LogP contribution in [0.1, 0.15) is 42.3 Å². The molecule has 0 aliphatic rings. The molecule has 128 valence electrons. The van der Waals surface area contributed by atoms with Crippen LogP contribution in [0.4, 0.5) is 0 Å². The highest BCUT2D eigenvalue weighted by Gasteiger charge is 2.20. The van der Waals surface area contributed by atoms with Gasteiger partial charge in [-0.05, 0) is 29.5 Å². The molecule has 0 atom stereocenters. The van der Waals surface area contributed by atoms with Crippen molar-refractivity contribution in [3.63, 3.8) is 0 Å². The number of esters is 1. The number of carbonyl (C=O) groups is 1. The molecule has 0 aliphatic heterocycles. The Kier molecular flexibility index (Phi) is 5.19. The highest BCUT2D eigenvalue weighted by atomic mass is 35.5. The van der Waals surface area contributed by atoms with E-state index in [1.807, 2.05) is 13.0 Å². The van der Waals surface area contributed by atoms with Gasteiger partial charge in [0.15, 0.2) is 0 Å². The molecule has 0 saturated carbocycles. The maximum absolute atomic E-state index is 11.8. The van der Waals surface area contributed by atoms with Gasteiger partial charge in [0.05, 0.1) is 19.9 Å². The lowest BCUT2D eigenvalue weighted by atomic mass is 9.85. The van der Waals surface area contributed by atoms with E-state index in [-0.39, 0.29) is 5.41 Å². The first-order chi connectivity index (χ1) is 11.2. The molecule has 0 unspecified atom stereocenters. The van der Waals surface area contributed by atoms with Crippen LogP contribution in [-0.4, -0.2) is 25.2 Å². The van der Waals surface area contributed by atoms with Gasteiger partial charge in [-0.2, -0.15) is 0 Å². The van der Waals surface area contributed by atoms with Crippen molar-refractivity contribution in [3.8, 4) is 17.0 Å². The molecule has 1 heterocycles. The number of pyridine rings is 1. The van der Waals surface area contributed by atoms with Crippen LogP contribution in [0, 0.1) is 6.92 Å². The van der Waals surface area contributed by atoms with Crippen molar-refractivity contribution in [2.75, 3.05) is 14.2 Å². The van der Waals surface area contributed by atoms with E-state index in [9.17, 15) is 4.79 Å². The number of halogens is 1. The molecule has 0 bridgehead atoms. The first-order valence-electron chi connectivity index (χ1n) is 7.62. The maximum atomic E-state index is 11.8. The number of hydrogen-bond donors (Lipinski definition) is 0. The summed E-state index contributed by atoms with van der Waals surface area (Å²) in [5, 5.41) is 0.695. The third-order valence-electron chi connectivity index (χ3n) is 3.89. The van der Waals surface area contributed by atoms with Gasteiger partial charge in [0.25, 0.3) is 0 Å². The average molecular weight is 348 g/mol. The van der Waals surface area contributed by atoms with E-state index in [4.69, 9.17) is 21.1 Å². The second-order valence-electron chi connectivity index (χ2n) is 6.66. The number of rotatable bonds is 3. The van der Waals surface area contributed by atoms with Crippen LogP contribution in [0.5, 0.6) is 5.75 Å².